The normalized spacial score (nSPS) is 13.7. The smallest absolute Gasteiger partial charge is 0.245 e. The predicted octanol–water partition coefficient (Wildman–Crippen LogP) is 1.93. The Bertz CT molecular complexity index is 570. The largest absolute Gasteiger partial charge is 0.398 e. The molecule has 0 aromatic heterocycles. The Balaban J connectivity index is 3.39. The zero-order valence-electron chi connectivity index (χ0n) is 12.8. The van der Waals surface area contributed by atoms with Crippen LogP contribution in [0.25, 0.3) is 0 Å². The summed E-state index contributed by atoms with van der Waals surface area (Å²) < 4.78 is 32.2. The number of benzene rings is 1. The minimum atomic E-state index is -3.63. The molecule has 114 valence electrons. The highest BCUT2D eigenvalue weighted by Gasteiger charge is 2.31. The first-order valence-corrected chi connectivity index (χ1v) is 8.07. The van der Waals surface area contributed by atoms with E-state index in [0.29, 0.717) is 18.7 Å². The highest BCUT2D eigenvalue weighted by atomic mass is 32.2. The van der Waals surface area contributed by atoms with Gasteiger partial charge >= 0.3 is 0 Å². The van der Waals surface area contributed by atoms with Crippen LogP contribution in [0.15, 0.2) is 17.0 Å². The van der Waals surface area contributed by atoms with Crippen molar-refractivity contribution in [2.75, 3.05) is 26.0 Å². The van der Waals surface area contributed by atoms with Crippen LogP contribution in [-0.4, -0.2) is 39.0 Å². The summed E-state index contributed by atoms with van der Waals surface area (Å²) in [5.41, 5.74) is 7.81. The molecule has 0 bridgehead atoms. The van der Waals surface area contributed by atoms with Crippen LogP contribution in [0.4, 0.5) is 5.69 Å². The van der Waals surface area contributed by atoms with Crippen LogP contribution < -0.4 is 5.73 Å². The minimum Gasteiger partial charge on any atom is -0.398 e. The zero-order valence-corrected chi connectivity index (χ0v) is 13.6. The summed E-state index contributed by atoms with van der Waals surface area (Å²) in [7, 11) is -2.07. The Morgan fingerprint density at radius 3 is 2.45 bits per heavy atom. The summed E-state index contributed by atoms with van der Waals surface area (Å²) in [6.07, 6.45) is 0. The maximum absolute atomic E-state index is 12.9. The summed E-state index contributed by atoms with van der Waals surface area (Å²) in [6, 6.07) is 3.23. The van der Waals surface area contributed by atoms with E-state index in [0.717, 1.165) is 5.56 Å². The Hall–Kier alpha value is -1.11. The molecular formula is C14H24N2O3S. The van der Waals surface area contributed by atoms with E-state index in [2.05, 4.69) is 0 Å². The first kappa shape index (κ1) is 16.9. The Kier molecular flexibility index (Phi) is 5.56. The van der Waals surface area contributed by atoms with Gasteiger partial charge in [-0.25, -0.2) is 8.42 Å². The summed E-state index contributed by atoms with van der Waals surface area (Å²) in [6.45, 7) is 8.02. The van der Waals surface area contributed by atoms with E-state index in [1.807, 2.05) is 26.8 Å². The van der Waals surface area contributed by atoms with Gasteiger partial charge in [0, 0.05) is 19.7 Å². The van der Waals surface area contributed by atoms with Gasteiger partial charge in [0.2, 0.25) is 10.0 Å². The van der Waals surface area contributed by atoms with Gasteiger partial charge in [-0.3, -0.25) is 0 Å². The SMILES string of the molecule is CCN(C(C)COC)S(=O)(=O)c1c(N)ccc(C)c1C. The monoisotopic (exact) mass is 300 g/mol. The van der Waals surface area contributed by atoms with Gasteiger partial charge in [-0.05, 0) is 38.0 Å². The van der Waals surface area contributed by atoms with E-state index in [-0.39, 0.29) is 16.6 Å². The van der Waals surface area contributed by atoms with E-state index >= 15 is 0 Å². The summed E-state index contributed by atoms with van der Waals surface area (Å²) in [5, 5.41) is 0. The van der Waals surface area contributed by atoms with Gasteiger partial charge in [-0.2, -0.15) is 4.31 Å². The van der Waals surface area contributed by atoms with Gasteiger partial charge in [0.15, 0.2) is 0 Å². The molecule has 0 amide bonds. The fourth-order valence-electron chi connectivity index (χ4n) is 2.31. The number of nitrogens with zero attached hydrogens (tertiary/aromatic N) is 1. The highest BCUT2D eigenvalue weighted by Crippen LogP contribution is 2.29. The fraction of sp³-hybridized carbons (Fsp3) is 0.571. The molecule has 0 saturated heterocycles. The van der Waals surface area contributed by atoms with Crippen molar-refractivity contribution in [3.8, 4) is 0 Å². The van der Waals surface area contributed by atoms with Crippen molar-refractivity contribution >= 4 is 15.7 Å². The zero-order chi connectivity index (χ0) is 15.5. The van der Waals surface area contributed by atoms with Crippen molar-refractivity contribution in [3.05, 3.63) is 23.3 Å². The quantitative estimate of drug-likeness (QED) is 0.815. The Morgan fingerprint density at radius 1 is 1.35 bits per heavy atom. The number of anilines is 1. The van der Waals surface area contributed by atoms with Gasteiger partial charge < -0.3 is 10.5 Å². The number of nitrogens with two attached hydrogens (primary N) is 1. The average molecular weight is 300 g/mol. The second-order valence-electron chi connectivity index (χ2n) is 4.94. The van der Waals surface area contributed by atoms with Crippen molar-refractivity contribution < 1.29 is 13.2 Å². The molecule has 0 fully saturated rings. The molecule has 0 aliphatic carbocycles. The predicted molar refractivity (Wildman–Crippen MR) is 81.2 cm³/mol. The number of methoxy groups -OCH3 is 1. The molecule has 5 nitrogen and oxygen atoms in total. The highest BCUT2D eigenvalue weighted by molar-refractivity contribution is 7.89. The lowest BCUT2D eigenvalue weighted by molar-refractivity contribution is 0.142. The third-order valence-corrected chi connectivity index (χ3v) is 5.78. The number of hydrogen-bond donors (Lipinski definition) is 1. The molecule has 1 atom stereocenters. The Morgan fingerprint density at radius 2 is 1.95 bits per heavy atom. The van der Waals surface area contributed by atoms with Crippen LogP contribution in [0.3, 0.4) is 0 Å². The molecule has 0 heterocycles. The Labute approximate surface area is 121 Å². The number of nitrogen functional groups attached to an aromatic ring is 1. The van der Waals surface area contributed by atoms with Crippen molar-refractivity contribution in [2.24, 2.45) is 0 Å². The van der Waals surface area contributed by atoms with Gasteiger partial charge in [0.25, 0.3) is 0 Å². The van der Waals surface area contributed by atoms with E-state index < -0.39 is 10.0 Å². The topological polar surface area (TPSA) is 72.6 Å². The average Bonchev–Trinajstić information content (AvgIpc) is 2.35. The maximum atomic E-state index is 12.9. The van der Waals surface area contributed by atoms with Gasteiger partial charge in [0.1, 0.15) is 4.90 Å². The number of ether oxygens (including phenoxy) is 1. The number of hydrogen-bond acceptors (Lipinski definition) is 4. The molecule has 1 aromatic carbocycles. The summed E-state index contributed by atoms with van der Waals surface area (Å²) >= 11 is 0. The molecule has 0 aliphatic rings. The van der Waals surface area contributed by atoms with Gasteiger partial charge in [-0.15, -0.1) is 0 Å². The third kappa shape index (κ3) is 3.13. The number of sulfonamides is 1. The molecule has 2 N–H and O–H groups in total. The lowest BCUT2D eigenvalue weighted by Gasteiger charge is -2.28. The van der Waals surface area contributed by atoms with Crippen LogP contribution in [-0.2, 0) is 14.8 Å². The summed E-state index contributed by atoms with van der Waals surface area (Å²) in [4.78, 5) is 0.210. The summed E-state index contributed by atoms with van der Waals surface area (Å²) in [5.74, 6) is 0. The van der Waals surface area contributed by atoms with Crippen molar-refractivity contribution in [3.63, 3.8) is 0 Å². The van der Waals surface area contributed by atoms with E-state index in [9.17, 15) is 8.42 Å². The lowest BCUT2D eigenvalue weighted by atomic mass is 10.1. The van der Waals surface area contributed by atoms with Crippen LogP contribution in [0.1, 0.15) is 25.0 Å². The number of rotatable bonds is 6. The van der Waals surface area contributed by atoms with Crippen LogP contribution in [0.2, 0.25) is 0 Å². The van der Waals surface area contributed by atoms with E-state index in [4.69, 9.17) is 10.5 Å². The first-order chi connectivity index (χ1) is 9.27. The van der Waals surface area contributed by atoms with E-state index in [1.54, 1.807) is 20.1 Å². The molecule has 6 heteroatoms. The number of likely N-dealkylation sites (N-methyl/N-ethyl adjacent to an activating group) is 1. The standard InChI is InChI=1S/C14H24N2O3S/c1-6-16(11(3)9-19-5)20(17,18)14-12(4)10(2)7-8-13(14)15/h7-8,11H,6,9,15H2,1-5H3. The third-order valence-electron chi connectivity index (χ3n) is 3.49. The maximum Gasteiger partial charge on any atom is 0.245 e. The first-order valence-electron chi connectivity index (χ1n) is 6.63. The molecule has 1 rings (SSSR count). The van der Waals surface area contributed by atoms with Crippen molar-refractivity contribution in [1.29, 1.82) is 0 Å². The fourth-order valence-corrected chi connectivity index (χ4v) is 4.34. The second-order valence-corrected chi connectivity index (χ2v) is 6.77. The molecular weight excluding hydrogens is 276 g/mol. The van der Waals surface area contributed by atoms with Crippen LogP contribution in [0.5, 0.6) is 0 Å². The molecule has 1 aromatic rings. The number of aryl methyl sites for hydroxylation is 1. The minimum absolute atomic E-state index is 0.210. The molecule has 0 radical (unpaired) electrons. The van der Waals surface area contributed by atoms with Crippen LogP contribution in [0, 0.1) is 13.8 Å². The molecule has 1 unspecified atom stereocenters. The van der Waals surface area contributed by atoms with Gasteiger partial charge in [0.05, 0.1) is 12.3 Å². The molecule has 0 saturated carbocycles. The van der Waals surface area contributed by atoms with Crippen LogP contribution >= 0.6 is 0 Å². The van der Waals surface area contributed by atoms with E-state index in [1.165, 1.54) is 4.31 Å². The second kappa shape index (κ2) is 6.56. The molecule has 0 aliphatic heterocycles. The van der Waals surface area contributed by atoms with Gasteiger partial charge in [-0.1, -0.05) is 13.0 Å². The van der Waals surface area contributed by atoms with Crippen molar-refractivity contribution in [2.45, 2.75) is 38.6 Å². The van der Waals surface area contributed by atoms with Crippen molar-refractivity contribution in [1.82, 2.24) is 4.31 Å². The molecule has 20 heavy (non-hydrogen) atoms. The molecule has 0 spiro atoms. The lowest BCUT2D eigenvalue weighted by Crippen LogP contribution is -2.41.